The Kier molecular flexibility index (Phi) is 3.05. The van der Waals surface area contributed by atoms with Crippen molar-refractivity contribution < 1.29 is 4.79 Å². The summed E-state index contributed by atoms with van der Waals surface area (Å²) in [6.07, 6.45) is 1.51. The molecule has 5 heteroatoms. The minimum Gasteiger partial charge on any atom is -0.288 e. The molecular weight excluding hydrogens is 294 g/mol. The largest absolute Gasteiger partial charge is 0.288 e. The molecule has 0 saturated heterocycles. The number of hydrogen-bond acceptors (Lipinski definition) is 4. The minimum absolute atomic E-state index is 0.00301. The van der Waals surface area contributed by atoms with Gasteiger partial charge in [-0.25, -0.2) is 9.50 Å². The van der Waals surface area contributed by atoms with E-state index >= 15 is 0 Å². The van der Waals surface area contributed by atoms with Gasteiger partial charge in [0.2, 0.25) is 10.7 Å². The van der Waals surface area contributed by atoms with Crippen molar-refractivity contribution in [3.63, 3.8) is 0 Å². The number of rotatable bonds is 3. The lowest BCUT2D eigenvalue weighted by molar-refractivity contribution is 0.104. The van der Waals surface area contributed by atoms with E-state index in [9.17, 15) is 4.79 Å². The molecule has 4 nitrogen and oxygen atoms in total. The van der Waals surface area contributed by atoms with Gasteiger partial charge >= 0.3 is 0 Å². The summed E-state index contributed by atoms with van der Waals surface area (Å²) in [4.78, 5) is 18.4. The Labute approximate surface area is 130 Å². The van der Waals surface area contributed by atoms with Crippen LogP contribution >= 0.6 is 11.3 Å². The van der Waals surface area contributed by atoms with Crippen molar-refractivity contribution in [3.05, 3.63) is 77.4 Å². The van der Waals surface area contributed by atoms with Gasteiger partial charge in [0.1, 0.15) is 11.2 Å². The second-order valence-corrected chi connectivity index (χ2v) is 5.77. The Morgan fingerprint density at radius 3 is 2.36 bits per heavy atom. The quantitative estimate of drug-likeness (QED) is 0.542. The zero-order chi connectivity index (χ0) is 14.9. The van der Waals surface area contributed by atoms with Crippen molar-refractivity contribution in [1.82, 2.24) is 14.6 Å². The van der Waals surface area contributed by atoms with Crippen LogP contribution in [0, 0.1) is 0 Å². The summed E-state index contributed by atoms with van der Waals surface area (Å²) in [6.45, 7) is 0. The van der Waals surface area contributed by atoms with Gasteiger partial charge in [0.15, 0.2) is 0 Å². The van der Waals surface area contributed by atoms with E-state index in [-0.39, 0.29) is 5.78 Å². The first-order valence-electron chi connectivity index (χ1n) is 6.82. The van der Waals surface area contributed by atoms with E-state index < -0.39 is 0 Å². The third-order valence-corrected chi connectivity index (χ3v) is 4.47. The Morgan fingerprint density at radius 2 is 1.64 bits per heavy atom. The molecular formula is C17H11N3OS. The van der Waals surface area contributed by atoms with Gasteiger partial charge in [0.05, 0.1) is 5.69 Å². The zero-order valence-corrected chi connectivity index (χ0v) is 12.3. The van der Waals surface area contributed by atoms with Gasteiger partial charge in [-0.3, -0.25) is 4.79 Å². The van der Waals surface area contributed by atoms with E-state index in [2.05, 4.69) is 10.1 Å². The van der Waals surface area contributed by atoms with Crippen molar-refractivity contribution in [2.24, 2.45) is 0 Å². The second-order valence-electron chi connectivity index (χ2n) is 4.80. The van der Waals surface area contributed by atoms with Crippen molar-refractivity contribution >= 4 is 22.1 Å². The molecule has 0 N–H and O–H groups in total. The molecule has 2 aromatic heterocycles. The summed E-state index contributed by atoms with van der Waals surface area (Å²) < 4.78 is 1.73. The molecule has 4 rings (SSSR count). The molecule has 0 aliphatic heterocycles. The number of fused-ring (bicyclic) bond motifs is 1. The monoisotopic (exact) mass is 305 g/mol. The average molecular weight is 305 g/mol. The van der Waals surface area contributed by atoms with Crippen molar-refractivity contribution in [2.75, 3.05) is 0 Å². The van der Waals surface area contributed by atoms with Crippen LogP contribution in [0.1, 0.15) is 15.2 Å². The number of carbonyl (C=O) groups excluding carboxylic acids is 1. The molecule has 106 valence electrons. The standard InChI is InChI=1S/C17H11N3OS/c21-15(13-9-5-2-6-10-13)16-14(12-7-3-1-4-8-12)20-17(22-16)18-11-19-20/h1-11H. The molecule has 0 amide bonds. The van der Waals surface area contributed by atoms with E-state index in [0.717, 1.165) is 16.2 Å². The Balaban J connectivity index is 1.95. The Bertz CT molecular complexity index is 942. The fourth-order valence-electron chi connectivity index (χ4n) is 2.41. The van der Waals surface area contributed by atoms with Crippen LogP contribution < -0.4 is 0 Å². The molecule has 0 spiro atoms. The minimum atomic E-state index is -0.00301. The maximum absolute atomic E-state index is 12.8. The van der Waals surface area contributed by atoms with E-state index in [4.69, 9.17) is 0 Å². The predicted molar refractivity (Wildman–Crippen MR) is 86.2 cm³/mol. The molecule has 0 unspecified atom stereocenters. The van der Waals surface area contributed by atoms with Crippen molar-refractivity contribution in [1.29, 1.82) is 0 Å². The third-order valence-electron chi connectivity index (χ3n) is 3.43. The van der Waals surface area contributed by atoms with Crippen molar-refractivity contribution in [3.8, 4) is 11.3 Å². The number of benzene rings is 2. The average Bonchev–Trinajstić information content (AvgIpc) is 3.16. The highest BCUT2D eigenvalue weighted by molar-refractivity contribution is 7.19. The van der Waals surface area contributed by atoms with E-state index in [1.165, 1.54) is 17.7 Å². The molecule has 22 heavy (non-hydrogen) atoms. The first kappa shape index (κ1) is 12.9. The maximum atomic E-state index is 12.8. The maximum Gasteiger partial charge on any atom is 0.213 e. The first-order valence-corrected chi connectivity index (χ1v) is 7.64. The summed E-state index contributed by atoms with van der Waals surface area (Å²) in [5.74, 6) is -0.00301. The molecule has 0 aliphatic carbocycles. The second kappa shape index (κ2) is 5.20. The van der Waals surface area contributed by atoms with Gasteiger partial charge in [-0.2, -0.15) is 5.10 Å². The van der Waals surface area contributed by atoms with E-state index in [1.54, 1.807) is 4.52 Å². The number of hydrogen-bond donors (Lipinski definition) is 0. The van der Waals surface area contributed by atoms with Crippen LogP contribution in [0.2, 0.25) is 0 Å². The lowest BCUT2D eigenvalue weighted by atomic mass is 10.1. The lowest BCUT2D eigenvalue weighted by Gasteiger charge is -2.03. The lowest BCUT2D eigenvalue weighted by Crippen LogP contribution is -2.02. The number of aromatic nitrogens is 3. The molecule has 0 fully saturated rings. The molecule has 0 radical (unpaired) electrons. The molecule has 2 aromatic carbocycles. The summed E-state index contributed by atoms with van der Waals surface area (Å²) >= 11 is 1.37. The summed E-state index contributed by atoms with van der Waals surface area (Å²) in [6, 6.07) is 19.1. The van der Waals surface area contributed by atoms with Crippen LogP contribution in [0.25, 0.3) is 16.2 Å². The third kappa shape index (κ3) is 2.03. The zero-order valence-electron chi connectivity index (χ0n) is 11.5. The van der Waals surface area contributed by atoms with Crippen LogP contribution in [0.4, 0.5) is 0 Å². The van der Waals surface area contributed by atoms with Gasteiger partial charge in [-0.05, 0) is 0 Å². The fraction of sp³-hybridized carbons (Fsp3) is 0. The van der Waals surface area contributed by atoms with Gasteiger partial charge < -0.3 is 0 Å². The SMILES string of the molecule is O=C(c1ccccc1)c1sc2ncnn2c1-c1ccccc1. The fourth-order valence-corrected chi connectivity index (χ4v) is 3.43. The van der Waals surface area contributed by atoms with Crippen LogP contribution in [0.15, 0.2) is 67.0 Å². The van der Waals surface area contributed by atoms with Crippen LogP contribution in [-0.2, 0) is 0 Å². The number of ketones is 1. The number of nitrogens with zero attached hydrogens (tertiary/aromatic N) is 3. The predicted octanol–water partition coefficient (Wildman–Crippen LogP) is 3.69. The number of carbonyl (C=O) groups is 1. The number of thiazole rings is 1. The summed E-state index contributed by atoms with van der Waals surface area (Å²) in [5, 5.41) is 4.26. The Hall–Kier alpha value is -2.79. The molecule has 0 saturated carbocycles. The highest BCUT2D eigenvalue weighted by atomic mass is 32.1. The van der Waals surface area contributed by atoms with E-state index in [0.29, 0.717) is 10.4 Å². The molecule has 2 heterocycles. The van der Waals surface area contributed by atoms with Crippen molar-refractivity contribution in [2.45, 2.75) is 0 Å². The van der Waals surface area contributed by atoms with Gasteiger partial charge in [-0.1, -0.05) is 72.0 Å². The van der Waals surface area contributed by atoms with Gasteiger partial charge in [-0.15, -0.1) is 0 Å². The topological polar surface area (TPSA) is 47.3 Å². The normalized spacial score (nSPS) is 10.9. The van der Waals surface area contributed by atoms with Gasteiger partial charge in [0, 0.05) is 11.1 Å². The molecule has 0 bridgehead atoms. The Morgan fingerprint density at radius 1 is 0.955 bits per heavy atom. The van der Waals surface area contributed by atoms with E-state index in [1.807, 2.05) is 60.7 Å². The summed E-state index contributed by atoms with van der Waals surface area (Å²) in [5.41, 5.74) is 2.43. The summed E-state index contributed by atoms with van der Waals surface area (Å²) in [7, 11) is 0. The molecule has 0 aliphatic rings. The molecule has 0 atom stereocenters. The first-order chi connectivity index (χ1) is 10.8. The molecule has 4 aromatic rings. The highest BCUT2D eigenvalue weighted by Crippen LogP contribution is 2.32. The van der Waals surface area contributed by atoms with Gasteiger partial charge in [0.25, 0.3) is 0 Å². The van der Waals surface area contributed by atoms with Crippen LogP contribution in [-0.4, -0.2) is 20.4 Å². The van der Waals surface area contributed by atoms with Crippen LogP contribution in [0.3, 0.4) is 0 Å². The smallest absolute Gasteiger partial charge is 0.213 e. The highest BCUT2D eigenvalue weighted by Gasteiger charge is 2.22. The van der Waals surface area contributed by atoms with Crippen LogP contribution in [0.5, 0.6) is 0 Å².